The minimum atomic E-state index is -3.83. The lowest BCUT2D eigenvalue weighted by atomic mass is 9.96. The van der Waals surface area contributed by atoms with Crippen LogP contribution in [0.25, 0.3) is 0 Å². The number of nitrogens with zero attached hydrogens (tertiary/aromatic N) is 1. The highest BCUT2D eigenvalue weighted by Gasteiger charge is 2.43. The molecular weight excluding hydrogens is 432 g/mol. The Morgan fingerprint density at radius 3 is 2.44 bits per heavy atom. The van der Waals surface area contributed by atoms with Crippen molar-refractivity contribution in [3.05, 3.63) is 60.7 Å². The number of hydrogen-bond donors (Lipinski definition) is 2. The third-order valence-corrected chi connectivity index (χ3v) is 7.66. The number of sulfonamides is 1. The number of nitrogens with one attached hydrogen (secondary N) is 1. The Kier molecular flexibility index (Phi) is 7.22. The molecule has 0 unspecified atom stereocenters. The van der Waals surface area contributed by atoms with Gasteiger partial charge in [-0.05, 0) is 37.1 Å². The first-order chi connectivity index (χ1) is 15.4. The zero-order valence-electron chi connectivity index (χ0n) is 17.7. The summed E-state index contributed by atoms with van der Waals surface area (Å²) in [5, 5.41) is 13.1. The molecule has 2 aliphatic rings. The van der Waals surface area contributed by atoms with Crippen LogP contribution in [0.15, 0.2) is 65.6 Å². The molecule has 2 fully saturated rings. The van der Waals surface area contributed by atoms with Gasteiger partial charge in [-0.25, -0.2) is 8.42 Å². The minimum absolute atomic E-state index is 0.0204. The van der Waals surface area contributed by atoms with E-state index in [1.807, 2.05) is 30.3 Å². The topological polar surface area (TPSA) is 105 Å². The normalized spacial score (nSPS) is 27.0. The van der Waals surface area contributed by atoms with Crippen LogP contribution in [0.3, 0.4) is 0 Å². The molecule has 2 heterocycles. The van der Waals surface area contributed by atoms with Gasteiger partial charge in [-0.2, -0.15) is 4.31 Å². The van der Waals surface area contributed by atoms with Crippen LogP contribution in [0.1, 0.15) is 19.3 Å². The Morgan fingerprint density at radius 2 is 1.72 bits per heavy atom. The zero-order chi connectivity index (χ0) is 22.6. The van der Waals surface area contributed by atoms with E-state index in [0.29, 0.717) is 12.8 Å². The van der Waals surface area contributed by atoms with Crippen molar-refractivity contribution in [2.24, 2.45) is 0 Å². The predicted octanol–water partition coefficient (Wildman–Crippen LogP) is 2.01. The Bertz CT molecular complexity index is 1000. The van der Waals surface area contributed by atoms with Gasteiger partial charge >= 0.3 is 0 Å². The number of fused-ring (bicyclic) bond motifs is 1. The molecule has 4 atom stereocenters. The second-order valence-corrected chi connectivity index (χ2v) is 10.0. The molecule has 2 saturated heterocycles. The molecule has 4 rings (SSSR count). The maximum Gasteiger partial charge on any atom is 0.243 e. The quantitative estimate of drug-likeness (QED) is 0.707. The number of carbonyl (C=O) groups is 1. The smallest absolute Gasteiger partial charge is 0.243 e. The first kappa shape index (κ1) is 22.9. The molecule has 9 heteroatoms. The standard InChI is InChI=1S/C23H28N2O6S/c26-18-14-25(32(28,29)20-9-5-2-6-10-20)21-12-11-19(31-22(21)16-30-15-18)13-23(27)24-17-7-3-1-4-8-17/h1-10,18-19,21-22,26H,11-16H2,(H,24,27)/t18-,19-,21+,22-/m1/s1. The molecule has 0 spiro atoms. The molecule has 0 radical (unpaired) electrons. The number of carbonyl (C=O) groups excluding carboxylic acids is 1. The van der Waals surface area contributed by atoms with E-state index >= 15 is 0 Å². The predicted molar refractivity (Wildman–Crippen MR) is 119 cm³/mol. The van der Waals surface area contributed by atoms with Crippen LogP contribution in [0.2, 0.25) is 0 Å². The summed E-state index contributed by atoms with van der Waals surface area (Å²) in [4.78, 5) is 12.6. The molecule has 0 aromatic heterocycles. The highest BCUT2D eigenvalue weighted by Crippen LogP contribution is 2.31. The van der Waals surface area contributed by atoms with Gasteiger partial charge in [-0.1, -0.05) is 36.4 Å². The monoisotopic (exact) mass is 460 g/mol. The van der Waals surface area contributed by atoms with E-state index in [2.05, 4.69) is 5.32 Å². The van der Waals surface area contributed by atoms with E-state index in [4.69, 9.17) is 9.47 Å². The molecule has 32 heavy (non-hydrogen) atoms. The maximum atomic E-state index is 13.4. The van der Waals surface area contributed by atoms with Crippen LogP contribution in [0.5, 0.6) is 0 Å². The number of anilines is 1. The van der Waals surface area contributed by atoms with Crippen molar-refractivity contribution in [1.29, 1.82) is 0 Å². The van der Waals surface area contributed by atoms with Crippen LogP contribution in [0, 0.1) is 0 Å². The van der Waals surface area contributed by atoms with Gasteiger partial charge < -0.3 is 19.9 Å². The fourth-order valence-corrected chi connectivity index (χ4v) is 5.98. The molecule has 2 N–H and O–H groups in total. The van der Waals surface area contributed by atoms with Crippen LogP contribution in [-0.2, 0) is 24.3 Å². The Hall–Kier alpha value is -2.30. The molecule has 172 valence electrons. The number of benzene rings is 2. The van der Waals surface area contributed by atoms with Crippen molar-refractivity contribution in [2.45, 2.75) is 48.5 Å². The summed E-state index contributed by atoms with van der Waals surface area (Å²) in [5.74, 6) is -0.157. The van der Waals surface area contributed by atoms with E-state index in [9.17, 15) is 18.3 Å². The third kappa shape index (κ3) is 5.36. The molecule has 0 aliphatic carbocycles. The average molecular weight is 461 g/mol. The van der Waals surface area contributed by atoms with E-state index in [1.165, 1.54) is 4.31 Å². The van der Waals surface area contributed by atoms with E-state index in [1.54, 1.807) is 30.3 Å². The molecular formula is C23H28N2O6S. The fourth-order valence-electron chi connectivity index (χ4n) is 4.24. The lowest BCUT2D eigenvalue weighted by Gasteiger charge is -2.43. The van der Waals surface area contributed by atoms with Crippen LogP contribution >= 0.6 is 0 Å². The summed E-state index contributed by atoms with van der Waals surface area (Å²) in [6.07, 6.45) is -0.579. The van der Waals surface area contributed by atoms with Gasteiger partial charge in [0.15, 0.2) is 0 Å². The van der Waals surface area contributed by atoms with E-state index < -0.39 is 28.3 Å². The molecule has 1 amide bonds. The van der Waals surface area contributed by atoms with Crippen molar-refractivity contribution in [1.82, 2.24) is 4.31 Å². The average Bonchev–Trinajstić information content (AvgIpc) is 2.78. The summed E-state index contributed by atoms with van der Waals surface area (Å²) in [6.45, 7) is 0.104. The maximum absolute atomic E-state index is 13.4. The summed E-state index contributed by atoms with van der Waals surface area (Å²) in [6, 6.07) is 16.9. The number of hydrogen-bond acceptors (Lipinski definition) is 6. The number of amides is 1. The molecule has 2 aromatic carbocycles. The third-order valence-electron chi connectivity index (χ3n) is 5.75. The molecule has 2 aromatic rings. The van der Waals surface area contributed by atoms with Crippen LogP contribution < -0.4 is 5.32 Å². The fraction of sp³-hybridized carbons (Fsp3) is 0.435. The lowest BCUT2D eigenvalue weighted by molar-refractivity contribution is -0.144. The van der Waals surface area contributed by atoms with Gasteiger partial charge in [-0.15, -0.1) is 0 Å². The number of aliphatic hydroxyl groups is 1. The SMILES string of the molecule is O=C(C[C@H]1CC[C@H]2[C@@H](COC[C@H](O)CN2S(=O)(=O)c2ccccc2)O1)Nc1ccccc1. The Morgan fingerprint density at radius 1 is 1.03 bits per heavy atom. The second-order valence-electron chi connectivity index (χ2n) is 8.14. The Labute approximate surface area is 188 Å². The van der Waals surface area contributed by atoms with E-state index in [0.717, 1.165) is 5.69 Å². The first-order valence-corrected chi connectivity index (χ1v) is 12.2. The summed E-state index contributed by atoms with van der Waals surface area (Å²) in [7, 11) is -3.83. The molecule has 0 saturated carbocycles. The minimum Gasteiger partial charge on any atom is -0.389 e. The van der Waals surface area contributed by atoms with Crippen molar-refractivity contribution < 1.29 is 27.8 Å². The van der Waals surface area contributed by atoms with E-state index in [-0.39, 0.29) is 43.1 Å². The number of aliphatic hydroxyl groups excluding tert-OH is 1. The van der Waals surface area contributed by atoms with Gasteiger partial charge in [0.2, 0.25) is 15.9 Å². The van der Waals surface area contributed by atoms with Crippen molar-refractivity contribution >= 4 is 21.6 Å². The van der Waals surface area contributed by atoms with Crippen molar-refractivity contribution in [3.63, 3.8) is 0 Å². The molecule has 8 nitrogen and oxygen atoms in total. The van der Waals surface area contributed by atoms with Crippen LogP contribution in [-0.4, -0.2) is 67.8 Å². The molecule has 2 aliphatic heterocycles. The number of ether oxygens (including phenoxy) is 2. The van der Waals surface area contributed by atoms with Gasteiger partial charge in [0, 0.05) is 12.2 Å². The highest BCUT2D eigenvalue weighted by molar-refractivity contribution is 7.89. The highest BCUT2D eigenvalue weighted by atomic mass is 32.2. The van der Waals surface area contributed by atoms with Crippen LogP contribution in [0.4, 0.5) is 5.69 Å². The van der Waals surface area contributed by atoms with Gasteiger partial charge in [0.25, 0.3) is 0 Å². The zero-order valence-corrected chi connectivity index (χ0v) is 18.5. The van der Waals surface area contributed by atoms with Gasteiger partial charge in [0.1, 0.15) is 0 Å². The number of para-hydroxylation sites is 1. The summed E-state index contributed by atoms with van der Waals surface area (Å²) < 4.78 is 39.8. The second kappa shape index (κ2) is 10.1. The number of rotatable bonds is 5. The first-order valence-electron chi connectivity index (χ1n) is 10.8. The number of β-amino-alcohol motifs (C(OH)–C–C–N with tert-alkyl or cyclic N) is 1. The van der Waals surface area contributed by atoms with Crippen molar-refractivity contribution in [3.8, 4) is 0 Å². The summed E-state index contributed by atoms with van der Waals surface area (Å²) in [5.41, 5.74) is 0.717. The van der Waals surface area contributed by atoms with Gasteiger partial charge in [-0.3, -0.25) is 4.79 Å². The summed E-state index contributed by atoms with van der Waals surface area (Å²) >= 11 is 0. The lowest BCUT2D eigenvalue weighted by Crippen LogP contribution is -2.57. The Balaban J connectivity index is 1.47. The van der Waals surface area contributed by atoms with Gasteiger partial charge in [0.05, 0.1) is 48.9 Å². The molecule has 0 bridgehead atoms. The van der Waals surface area contributed by atoms with Crippen molar-refractivity contribution in [2.75, 3.05) is 25.1 Å². The largest absolute Gasteiger partial charge is 0.389 e.